The number of nitrogens with one attached hydrogen (secondary N) is 2. The van der Waals surface area contributed by atoms with Gasteiger partial charge in [-0.3, -0.25) is 43.7 Å². The number of hydrogen-bond acceptors (Lipinski definition) is 15. The van der Waals surface area contributed by atoms with E-state index in [0.717, 1.165) is 62.8 Å². The molecule has 1 aliphatic heterocycles. The van der Waals surface area contributed by atoms with E-state index in [2.05, 4.69) is 15.4 Å². The van der Waals surface area contributed by atoms with Gasteiger partial charge in [-0.2, -0.15) is 0 Å². The van der Waals surface area contributed by atoms with Crippen molar-refractivity contribution in [2.24, 2.45) is 23.5 Å². The van der Waals surface area contributed by atoms with Crippen LogP contribution in [-0.2, 0) is 94.2 Å². The van der Waals surface area contributed by atoms with Gasteiger partial charge in [0.15, 0.2) is 5.78 Å². The van der Waals surface area contributed by atoms with Crippen LogP contribution in [0, 0.1) is 17.8 Å². The average molecular weight is 1110 g/mol. The number of esters is 3. The van der Waals surface area contributed by atoms with Crippen LogP contribution in [0.15, 0.2) is 133 Å². The number of methoxy groups -OCH3 is 4. The van der Waals surface area contributed by atoms with Crippen molar-refractivity contribution in [1.29, 1.82) is 0 Å². The molecule has 0 saturated carbocycles. The second-order valence-electron chi connectivity index (χ2n) is 19.8. The Kier molecular flexibility index (Phi) is 19.5. The topological polar surface area (TPSA) is 318 Å². The minimum atomic E-state index is -1.16. The number of benzene rings is 5. The Labute approximate surface area is 465 Å². The third-order valence-electron chi connectivity index (χ3n) is 15.3. The number of nitrogens with two attached hydrogens (primary N) is 1. The van der Waals surface area contributed by atoms with Crippen LogP contribution in [0.25, 0.3) is 0 Å². The highest BCUT2D eigenvalue weighted by atomic mass is 16.5. The van der Waals surface area contributed by atoms with Gasteiger partial charge in [0.05, 0.1) is 52.5 Å². The maximum atomic E-state index is 12.1. The molecular formula is C61H61N3O17. The monoisotopic (exact) mass is 1110 g/mol. The lowest BCUT2D eigenvalue weighted by Gasteiger charge is -2.22. The molecule has 0 aromatic heterocycles. The van der Waals surface area contributed by atoms with Gasteiger partial charge in [0, 0.05) is 24.2 Å². The summed E-state index contributed by atoms with van der Waals surface area (Å²) in [6.07, 6.45) is 5.01. The lowest BCUT2D eigenvalue weighted by Crippen LogP contribution is -2.41. The number of urea groups is 1. The molecule has 5 aromatic rings. The maximum absolute atomic E-state index is 12.1. The number of hydrogen-bond donors (Lipinski definition) is 6. The SMILES string of the molecule is CO/C=C1\Cc2ccccc2C1C(=O)OC.COC(=O)C1C(=O)Cc2ccccc21.COC(=O)C1c2ccccc2CC1C1NC(=O)NC1=O.NC(C(=O)O)C1Cc2ccccc2C1C(=O)O.O=CC1Cc2ccccc2C1C(=O)O. The molecule has 10 atom stereocenters. The average Bonchev–Trinajstić information content (AvgIpc) is 4.33. The number of Topliss-reactive ketones (excluding diaryl/α,β-unsaturated/α-hetero) is 1. The summed E-state index contributed by atoms with van der Waals surface area (Å²) in [5, 5.41) is 31.9. The zero-order valence-electron chi connectivity index (χ0n) is 44.6. The molecule has 7 N–H and O–H groups in total. The summed E-state index contributed by atoms with van der Waals surface area (Å²) in [5.41, 5.74) is 15.7. The number of aliphatic carboxylic acids is 3. The van der Waals surface area contributed by atoms with Gasteiger partial charge < -0.3 is 50.1 Å². The van der Waals surface area contributed by atoms with Crippen LogP contribution in [0.1, 0.15) is 85.2 Å². The van der Waals surface area contributed by atoms with Crippen molar-refractivity contribution < 1.29 is 82.2 Å². The molecule has 1 heterocycles. The first-order valence-electron chi connectivity index (χ1n) is 25.8. The number of rotatable bonds is 10. The van der Waals surface area contributed by atoms with Crippen molar-refractivity contribution in [3.05, 3.63) is 189 Å². The van der Waals surface area contributed by atoms with Gasteiger partial charge in [0.2, 0.25) is 0 Å². The van der Waals surface area contributed by atoms with Crippen molar-refractivity contribution in [2.45, 2.75) is 73.8 Å². The third-order valence-corrected chi connectivity index (χ3v) is 15.3. The normalized spacial score (nSPS) is 23.5. The van der Waals surface area contributed by atoms with E-state index in [-0.39, 0.29) is 35.5 Å². The van der Waals surface area contributed by atoms with E-state index in [9.17, 15) is 53.1 Å². The lowest BCUT2D eigenvalue weighted by atomic mass is 9.86. The number of aldehydes is 1. The number of ketones is 1. The highest BCUT2D eigenvalue weighted by Gasteiger charge is 2.48. The predicted octanol–water partition coefficient (Wildman–Crippen LogP) is 5.09. The summed E-state index contributed by atoms with van der Waals surface area (Å²) in [7, 11) is 5.63. The zero-order chi connectivity index (χ0) is 58.7. The van der Waals surface area contributed by atoms with Gasteiger partial charge in [-0.05, 0) is 86.9 Å². The van der Waals surface area contributed by atoms with Crippen LogP contribution in [0.5, 0.6) is 0 Å². The standard InChI is InChI=1S/C14H14N2O4.C13H14O3.C12H13NO4.2C11H10O3/c1-20-13(18)10-8-5-3-2-4-7(8)6-9(10)11-12(17)16-14(19)15-11;1-15-8-10-7-9-5-3-4-6-11(9)12(10)13(14)16-2;13-10(12(16)17)8-5-6-3-1-2-4-7(6)9(8)11(14)15;1-14-11(13)10-8-5-3-2-4-7(8)6-9(10)12;12-6-8-5-7-3-1-2-4-9(7)10(8)11(13)14/h2-5,9-11H,6H2,1H3,(H2,15,16,17,19);3-6,8,12H,7H2,1-2H3;1-4,8-10H,5,13H2,(H,14,15)(H,16,17);2-5,10H,6H2,1H3;1-4,6,8,10H,5H2,(H,13,14)/b;10-8+;;;. The van der Waals surface area contributed by atoms with E-state index >= 15 is 0 Å². The van der Waals surface area contributed by atoms with Crippen LogP contribution in [0.4, 0.5) is 4.79 Å². The molecule has 1 fully saturated rings. The lowest BCUT2D eigenvalue weighted by molar-refractivity contribution is -0.146. The van der Waals surface area contributed by atoms with Crippen molar-refractivity contribution in [1.82, 2.24) is 10.6 Å². The number of carbonyl (C=O) groups excluding carboxylic acids is 7. The quantitative estimate of drug-likeness (QED) is 0.0265. The molecular weight excluding hydrogens is 1050 g/mol. The van der Waals surface area contributed by atoms with Gasteiger partial charge in [0.1, 0.15) is 30.2 Å². The Bertz CT molecular complexity index is 3270. The van der Waals surface area contributed by atoms with Crippen LogP contribution in [0.3, 0.4) is 0 Å². The fraction of sp³-hybridized carbons (Fsp3) is 0.311. The molecule has 3 amide bonds. The first kappa shape index (κ1) is 59.4. The molecule has 20 heteroatoms. The first-order chi connectivity index (χ1) is 38.9. The fourth-order valence-electron chi connectivity index (χ4n) is 11.6. The minimum absolute atomic E-state index is 0.0712. The van der Waals surface area contributed by atoms with Crippen LogP contribution >= 0.6 is 0 Å². The smallest absolute Gasteiger partial charge is 0.322 e. The Morgan fingerprint density at radius 1 is 0.556 bits per heavy atom. The second kappa shape index (κ2) is 26.6. The van der Waals surface area contributed by atoms with Crippen LogP contribution in [-0.4, -0.2) is 116 Å². The molecule has 10 unspecified atom stereocenters. The molecule has 11 rings (SSSR count). The highest BCUT2D eigenvalue weighted by molar-refractivity contribution is 6.08. The van der Waals surface area contributed by atoms with E-state index in [4.69, 9.17) is 30.2 Å². The molecule has 81 heavy (non-hydrogen) atoms. The Morgan fingerprint density at radius 3 is 1.48 bits per heavy atom. The molecule has 422 valence electrons. The van der Waals surface area contributed by atoms with Gasteiger partial charge in [-0.15, -0.1) is 0 Å². The molecule has 6 aliphatic rings. The van der Waals surface area contributed by atoms with Gasteiger partial charge in [-0.25, -0.2) is 4.79 Å². The van der Waals surface area contributed by atoms with Gasteiger partial charge >= 0.3 is 41.8 Å². The van der Waals surface area contributed by atoms with Gasteiger partial charge in [0.25, 0.3) is 5.91 Å². The second-order valence-corrected chi connectivity index (χ2v) is 19.8. The molecule has 1 saturated heterocycles. The number of amides is 3. The van der Waals surface area contributed by atoms with Crippen LogP contribution < -0.4 is 16.4 Å². The zero-order valence-corrected chi connectivity index (χ0v) is 44.6. The third kappa shape index (κ3) is 12.9. The van der Waals surface area contributed by atoms with E-state index in [1.165, 1.54) is 26.9 Å². The summed E-state index contributed by atoms with van der Waals surface area (Å²) in [6.45, 7) is 0. The molecule has 20 nitrogen and oxygen atoms in total. The molecule has 0 radical (unpaired) electrons. The first-order valence-corrected chi connectivity index (χ1v) is 25.8. The van der Waals surface area contributed by atoms with Crippen molar-refractivity contribution >= 4 is 59.8 Å². The summed E-state index contributed by atoms with van der Waals surface area (Å²) >= 11 is 0. The number of carboxylic acid groups (broad SMARTS) is 3. The number of carbonyl (C=O) groups is 10. The molecule has 5 aromatic carbocycles. The number of ether oxygens (including phenoxy) is 4. The van der Waals surface area contributed by atoms with E-state index in [1.807, 2.05) is 103 Å². The summed E-state index contributed by atoms with van der Waals surface area (Å²) in [5.74, 6) is -8.90. The summed E-state index contributed by atoms with van der Waals surface area (Å²) < 4.78 is 19.3. The Morgan fingerprint density at radius 2 is 1.00 bits per heavy atom. The predicted molar refractivity (Wildman–Crippen MR) is 288 cm³/mol. The highest BCUT2D eigenvalue weighted by Crippen LogP contribution is 2.43. The molecule has 0 bridgehead atoms. The Balaban J connectivity index is 0.000000147. The van der Waals surface area contributed by atoms with Gasteiger partial charge in [-0.1, -0.05) is 121 Å². The molecule has 0 spiro atoms. The summed E-state index contributed by atoms with van der Waals surface area (Å²) in [4.78, 5) is 114. The van der Waals surface area contributed by atoms with Crippen molar-refractivity contribution in [3.8, 4) is 0 Å². The van der Waals surface area contributed by atoms with Crippen molar-refractivity contribution in [3.63, 3.8) is 0 Å². The van der Waals surface area contributed by atoms with Crippen molar-refractivity contribution in [2.75, 3.05) is 28.4 Å². The fourth-order valence-corrected chi connectivity index (χ4v) is 11.6. The van der Waals surface area contributed by atoms with E-state index < -0.39 is 77.5 Å². The van der Waals surface area contributed by atoms with E-state index in [1.54, 1.807) is 31.6 Å². The molecule has 5 aliphatic carbocycles. The summed E-state index contributed by atoms with van der Waals surface area (Å²) in [6, 6.07) is 34.9. The Hall–Kier alpha value is -9.30. The van der Waals surface area contributed by atoms with E-state index in [0.29, 0.717) is 31.2 Å². The number of fused-ring (bicyclic) bond motifs is 5. The largest absolute Gasteiger partial charge is 0.504 e. The minimum Gasteiger partial charge on any atom is -0.504 e. The number of carboxylic acids is 3. The number of imide groups is 1. The maximum Gasteiger partial charge on any atom is 0.322 e. The van der Waals surface area contributed by atoms with Crippen LogP contribution in [0.2, 0.25) is 0 Å².